The molecule has 0 radical (unpaired) electrons. The third-order valence-electron chi connectivity index (χ3n) is 1.92. The number of rotatable bonds is 0. The maximum Gasteiger partial charge on any atom is 0.171 e. The molecule has 4 heteroatoms. The Morgan fingerprint density at radius 2 is 2.23 bits per heavy atom. The van der Waals surface area contributed by atoms with Gasteiger partial charge in [-0.1, -0.05) is 0 Å². The molecule has 1 aromatic carbocycles. The fourth-order valence-electron chi connectivity index (χ4n) is 1.29. The first-order chi connectivity index (χ1) is 6.20. The van der Waals surface area contributed by atoms with E-state index in [1.54, 1.807) is 0 Å². The van der Waals surface area contributed by atoms with Crippen LogP contribution in [0.4, 0.5) is 4.39 Å². The summed E-state index contributed by atoms with van der Waals surface area (Å²) >= 11 is 3.03. The molecule has 1 heterocycles. The Balaban J connectivity index is 2.65. The van der Waals surface area contributed by atoms with Gasteiger partial charge in [0.2, 0.25) is 0 Å². The second-order valence-corrected chi connectivity index (χ2v) is 3.55. The molecule has 13 heavy (non-hydrogen) atoms. The number of hydrogen-bond donors (Lipinski definition) is 0. The number of halogens is 2. The highest BCUT2D eigenvalue weighted by molar-refractivity contribution is 9.10. The summed E-state index contributed by atoms with van der Waals surface area (Å²) in [4.78, 5) is 11.4. The summed E-state index contributed by atoms with van der Waals surface area (Å²) in [6.45, 7) is 0.379. The van der Waals surface area contributed by atoms with E-state index in [0.29, 0.717) is 24.3 Å². The molecule has 1 aliphatic heterocycles. The Morgan fingerprint density at radius 1 is 1.46 bits per heavy atom. The summed E-state index contributed by atoms with van der Waals surface area (Å²) in [5, 5.41) is 0. The number of fused-ring (bicyclic) bond motifs is 1. The van der Waals surface area contributed by atoms with Crippen LogP contribution in [-0.4, -0.2) is 12.4 Å². The highest BCUT2D eigenvalue weighted by atomic mass is 79.9. The van der Waals surface area contributed by atoms with Crippen molar-refractivity contribution in [2.45, 2.75) is 6.42 Å². The van der Waals surface area contributed by atoms with E-state index < -0.39 is 5.82 Å². The van der Waals surface area contributed by atoms with E-state index in [9.17, 15) is 9.18 Å². The van der Waals surface area contributed by atoms with Crippen molar-refractivity contribution in [3.05, 3.63) is 28.0 Å². The average Bonchev–Trinajstić information content (AvgIpc) is 2.12. The molecule has 1 aliphatic rings. The van der Waals surface area contributed by atoms with Crippen molar-refractivity contribution in [1.82, 2.24) is 0 Å². The molecular formula is C9H6BrFO2. The predicted octanol–water partition coefficient (Wildman–Crippen LogP) is 2.55. The van der Waals surface area contributed by atoms with Crippen LogP contribution in [0.2, 0.25) is 0 Å². The first kappa shape index (κ1) is 8.69. The highest BCUT2D eigenvalue weighted by Crippen LogP contribution is 2.32. The van der Waals surface area contributed by atoms with Crippen molar-refractivity contribution < 1.29 is 13.9 Å². The van der Waals surface area contributed by atoms with E-state index in [0.717, 1.165) is 0 Å². The summed E-state index contributed by atoms with van der Waals surface area (Å²) in [5.74, 6) is -0.0465. The molecule has 1 aromatic rings. The summed E-state index contributed by atoms with van der Waals surface area (Å²) < 4.78 is 18.4. The zero-order valence-electron chi connectivity index (χ0n) is 6.64. The molecule has 2 nitrogen and oxygen atoms in total. The fourth-order valence-corrected chi connectivity index (χ4v) is 1.84. The van der Waals surface area contributed by atoms with Gasteiger partial charge in [-0.25, -0.2) is 4.39 Å². The average molecular weight is 245 g/mol. The fraction of sp³-hybridized carbons (Fsp3) is 0.222. The Hall–Kier alpha value is -0.900. The molecule has 0 spiro atoms. The molecule has 0 saturated heterocycles. The molecule has 2 rings (SSSR count). The Bertz CT molecular complexity index is 376. The van der Waals surface area contributed by atoms with E-state index >= 15 is 0 Å². The maximum atomic E-state index is 13.0. The monoisotopic (exact) mass is 244 g/mol. The van der Waals surface area contributed by atoms with Gasteiger partial charge >= 0.3 is 0 Å². The van der Waals surface area contributed by atoms with Crippen LogP contribution in [0.15, 0.2) is 16.6 Å². The van der Waals surface area contributed by atoms with Crippen LogP contribution in [0.1, 0.15) is 16.8 Å². The van der Waals surface area contributed by atoms with Crippen molar-refractivity contribution in [3.63, 3.8) is 0 Å². The Kier molecular flexibility index (Phi) is 2.07. The van der Waals surface area contributed by atoms with Crippen molar-refractivity contribution in [2.24, 2.45) is 0 Å². The van der Waals surface area contributed by atoms with Crippen LogP contribution in [0, 0.1) is 5.82 Å². The van der Waals surface area contributed by atoms with E-state index in [1.807, 2.05) is 0 Å². The molecule has 0 unspecified atom stereocenters. The van der Waals surface area contributed by atoms with Gasteiger partial charge in [0.25, 0.3) is 0 Å². The second kappa shape index (κ2) is 3.10. The topological polar surface area (TPSA) is 26.3 Å². The van der Waals surface area contributed by atoms with Gasteiger partial charge < -0.3 is 4.74 Å². The minimum absolute atomic E-state index is 0.0763. The van der Waals surface area contributed by atoms with Crippen LogP contribution in [0.25, 0.3) is 0 Å². The van der Waals surface area contributed by atoms with Gasteiger partial charge in [0.05, 0.1) is 16.6 Å². The summed E-state index contributed by atoms with van der Waals surface area (Å²) in [7, 11) is 0. The van der Waals surface area contributed by atoms with Gasteiger partial charge in [-0.15, -0.1) is 0 Å². The molecule has 0 saturated carbocycles. The molecule has 68 valence electrons. The first-order valence-electron chi connectivity index (χ1n) is 3.84. The number of Topliss-reactive ketones (excluding diaryl/α,β-unsaturated/α-hetero) is 1. The quantitative estimate of drug-likeness (QED) is 0.702. The molecule has 0 aromatic heterocycles. The van der Waals surface area contributed by atoms with Crippen LogP contribution in [-0.2, 0) is 0 Å². The molecule has 0 atom stereocenters. The van der Waals surface area contributed by atoms with Crippen molar-refractivity contribution in [1.29, 1.82) is 0 Å². The number of ether oxygens (including phenoxy) is 1. The lowest BCUT2D eigenvalue weighted by Gasteiger charge is -2.17. The smallest absolute Gasteiger partial charge is 0.171 e. The van der Waals surface area contributed by atoms with Crippen molar-refractivity contribution in [3.8, 4) is 5.75 Å². The van der Waals surface area contributed by atoms with Gasteiger partial charge in [-0.2, -0.15) is 0 Å². The third-order valence-corrected chi connectivity index (χ3v) is 2.70. The molecule has 0 bridgehead atoms. The maximum absolute atomic E-state index is 13.0. The van der Waals surface area contributed by atoms with Crippen LogP contribution in [0.5, 0.6) is 5.75 Å². The normalized spacial score (nSPS) is 15.1. The minimum atomic E-state index is -0.433. The van der Waals surface area contributed by atoms with Crippen molar-refractivity contribution >= 4 is 21.7 Å². The highest BCUT2D eigenvalue weighted by Gasteiger charge is 2.23. The van der Waals surface area contributed by atoms with Crippen LogP contribution in [0.3, 0.4) is 0 Å². The van der Waals surface area contributed by atoms with Crippen LogP contribution < -0.4 is 4.74 Å². The molecule has 0 aliphatic carbocycles. The molecule has 0 N–H and O–H groups in total. The van der Waals surface area contributed by atoms with Crippen molar-refractivity contribution in [2.75, 3.05) is 6.61 Å². The zero-order chi connectivity index (χ0) is 9.42. The van der Waals surface area contributed by atoms with E-state index in [2.05, 4.69) is 15.9 Å². The summed E-state index contributed by atoms with van der Waals surface area (Å²) in [6, 6.07) is 2.76. The standard InChI is InChI=1S/C9H6BrFO2/c10-9-5(11)1-2-7-8(9)6(12)3-4-13-7/h1-2H,3-4H2. The molecular weight excluding hydrogens is 239 g/mol. The van der Waals surface area contributed by atoms with Gasteiger partial charge in [0.1, 0.15) is 11.6 Å². The van der Waals surface area contributed by atoms with Crippen LogP contribution >= 0.6 is 15.9 Å². The largest absolute Gasteiger partial charge is 0.492 e. The summed E-state index contributed by atoms with van der Waals surface area (Å²) in [5.41, 5.74) is 0.325. The molecule has 0 amide bonds. The zero-order valence-corrected chi connectivity index (χ0v) is 8.23. The second-order valence-electron chi connectivity index (χ2n) is 2.76. The number of carbonyl (C=O) groups is 1. The lowest BCUT2D eigenvalue weighted by Crippen LogP contribution is -2.16. The van der Waals surface area contributed by atoms with Gasteiger partial charge in [-0.3, -0.25) is 4.79 Å². The number of ketones is 1. The first-order valence-corrected chi connectivity index (χ1v) is 4.63. The van der Waals surface area contributed by atoms with E-state index in [-0.39, 0.29) is 10.3 Å². The Morgan fingerprint density at radius 3 is 3.00 bits per heavy atom. The van der Waals surface area contributed by atoms with Gasteiger partial charge in [-0.05, 0) is 28.1 Å². The number of benzene rings is 1. The predicted molar refractivity (Wildman–Crippen MR) is 48.5 cm³/mol. The van der Waals surface area contributed by atoms with E-state index in [4.69, 9.17) is 4.74 Å². The lowest BCUT2D eigenvalue weighted by molar-refractivity contribution is 0.0931. The third kappa shape index (κ3) is 1.35. The number of hydrogen-bond acceptors (Lipinski definition) is 2. The lowest BCUT2D eigenvalue weighted by atomic mass is 10.1. The van der Waals surface area contributed by atoms with Gasteiger partial charge in [0, 0.05) is 6.42 Å². The summed E-state index contributed by atoms with van der Waals surface area (Å²) in [6.07, 6.45) is 0.315. The van der Waals surface area contributed by atoms with Gasteiger partial charge in [0.15, 0.2) is 5.78 Å². The minimum Gasteiger partial charge on any atom is -0.492 e. The SMILES string of the molecule is O=C1CCOc2ccc(F)c(Br)c21. The van der Waals surface area contributed by atoms with E-state index in [1.165, 1.54) is 12.1 Å². The number of carbonyl (C=O) groups excluding carboxylic acids is 1. The molecule has 0 fully saturated rings. The Labute approximate surface area is 82.8 Å².